The molecule has 1 spiro atoms. The van der Waals surface area contributed by atoms with Gasteiger partial charge in [-0.15, -0.1) is 0 Å². The average Bonchev–Trinajstić information content (AvgIpc) is 3.09. The van der Waals surface area contributed by atoms with Crippen LogP contribution in [-0.4, -0.2) is 73.3 Å². The van der Waals surface area contributed by atoms with Gasteiger partial charge in [-0.3, -0.25) is 4.79 Å². The fourth-order valence-corrected chi connectivity index (χ4v) is 4.30. The summed E-state index contributed by atoms with van der Waals surface area (Å²) in [7, 11) is 0. The summed E-state index contributed by atoms with van der Waals surface area (Å²) in [4.78, 5) is 33.2. The molecule has 124 valence electrons. The van der Waals surface area contributed by atoms with E-state index in [9.17, 15) is 9.59 Å². The van der Waals surface area contributed by atoms with Crippen molar-refractivity contribution in [3.63, 3.8) is 0 Å². The summed E-state index contributed by atoms with van der Waals surface area (Å²) in [5.41, 5.74) is 0.495. The second-order valence-corrected chi connectivity index (χ2v) is 7.24. The average molecular weight is 337 g/mol. The number of anilines is 1. The number of hydrogen-bond donors (Lipinski definition) is 2. The van der Waals surface area contributed by atoms with Crippen molar-refractivity contribution in [1.82, 2.24) is 20.5 Å². The molecule has 0 unspecified atom stereocenters. The predicted octanol–water partition coefficient (Wildman–Crippen LogP) is -0.204. The topological polar surface area (TPSA) is 86.8 Å². The number of carbonyl (C=O) groups is 2. The molecule has 4 heterocycles. The van der Waals surface area contributed by atoms with Crippen molar-refractivity contribution in [2.45, 2.75) is 12.5 Å². The molecular formula is C14H19N5O3S. The number of aryl methyl sites for hydroxylation is 1. The highest BCUT2D eigenvalue weighted by molar-refractivity contribution is 7.17. The van der Waals surface area contributed by atoms with Gasteiger partial charge in [-0.1, -0.05) is 11.3 Å². The van der Waals surface area contributed by atoms with Crippen LogP contribution in [0.25, 0.3) is 0 Å². The first kappa shape index (κ1) is 14.7. The summed E-state index contributed by atoms with van der Waals surface area (Å²) in [6.07, 6.45) is 0. The van der Waals surface area contributed by atoms with Crippen LogP contribution in [0.3, 0.4) is 0 Å². The molecule has 0 saturated carbocycles. The maximum absolute atomic E-state index is 12.7. The largest absolute Gasteiger partial charge is 0.378 e. The molecule has 1 aromatic rings. The van der Waals surface area contributed by atoms with Crippen LogP contribution in [0.5, 0.6) is 0 Å². The van der Waals surface area contributed by atoms with Crippen molar-refractivity contribution in [3.8, 4) is 0 Å². The van der Waals surface area contributed by atoms with Crippen LogP contribution in [0, 0.1) is 6.92 Å². The van der Waals surface area contributed by atoms with E-state index in [1.54, 1.807) is 4.90 Å². The third-order valence-electron chi connectivity index (χ3n) is 4.50. The molecule has 3 fully saturated rings. The van der Waals surface area contributed by atoms with E-state index in [1.807, 2.05) is 6.92 Å². The molecule has 0 bridgehead atoms. The highest BCUT2D eigenvalue weighted by Crippen LogP contribution is 2.31. The number of aromatic nitrogens is 1. The van der Waals surface area contributed by atoms with Crippen LogP contribution >= 0.6 is 11.3 Å². The quantitative estimate of drug-likeness (QED) is 0.780. The Bertz CT molecular complexity index is 649. The number of nitrogens with zero attached hydrogens (tertiary/aromatic N) is 3. The van der Waals surface area contributed by atoms with E-state index in [0.717, 1.165) is 23.9 Å². The standard InChI is InChI=1S/C14H19N5O3S/c1-9-10(23-13(16-9)18-2-4-22-5-3-18)11(20)19-7-14(8-19)6-15-12(21)17-14/h2-8H2,1H3,(H2,15,17,21). The number of thiazole rings is 1. The van der Waals surface area contributed by atoms with Crippen molar-refractivity contribution in [3.05, 3.63) is 10.6 Å². The number of ether oxygens (including phenoxy) is 1. The van der Waals surface area contributed by atoms with E-state index in [2.05, 4.69) is 20.5 Å². The number of hydrogen-bond acceptors (Lipinski definition) is 6. The summed E-state index contributed by atoms with van der Waals surface area (Å²) in [6, 6.07) is -0.152. The Labute approximate surface area is 137 Å². The van der Waals surface area contributed by atoms with Gasteiger partial charge >= 0.3 is 6.03 Å². The van der Waals surface area contributed by atoms with Gasteiger partial charge in [-0.25, -0.2) is 9.78 Å². The number of urea groups is 1. The molecular weight excluding hydrogens is 318 g/mol. The Hall–Kier alpha value is -1.87. The number of nitrogens with one attached hydrogen (secondary N) is 2. The lowest BCUT2D eigenvalue weighted by atomic mass is 9.91. The van der Waals surface area contributed by atoms with Crippen LogP contribution < -0.4 is 15.5 Å². The number of carbonyl (C=O) groups excluding carboxylic acids is 2. The third-order valence-corrected chi connectivity index (χ3v) is 5.71. The molecule has 3 saturated heterocycles. The van der Waals surface area contributed by atoms with Crippen LogP contribution in [-0.2, 0) is 4.74 Å². The summed E-state index contributed by atoms with van der Waals surface area (Å²) < 4.78 is 5.35. The Morgan fingerprint density at radius 1 is 1.35 bits per heavy atom. The Kier molecular flexibility index (Phi) is 3.42. The van der Waals surface area contributed by atoms with E-state index in [0.29, 0.717) is 37.7 Å². The number of rotatable bonds is 2. The van der Waals surface area contributed by atoms with Crippen molar-refractivity contribution < 1.29 is 14.3 Å². The zero-order valence-corrected chi connectivity index (χ0v) is 13.7. The van der Waals surface area contributed by atoms with Gasteiger partial charge in [0.2, 0.25) is 0 Å². The highest BCUT2D eigenvalue weighted by atomic mass is 32.1. The lowest BCUT2D eigenvalue weighted by Gasteiger charge is -2.46. The first-order valence-corrected chi connectivity index (χ1v) is 8.53. The van der Waals surface area contributed by atoms with Gasteiger partial charge in [-0.2, -0.15) is 0 Å². The molecule has 0 radical (unpaired) electrons. The highest BCUT2D eigenvalue weighted by Gasteiger charge is 2.50. The third kappa shape index (κ3) is 2.53. The van der Waals surface area contributed by atoms with E-state index in [4.69, 9.17) is 4.74 Å². The van der Waals surface area contributed by atoms with Gasteiger partial charge in [0.15, 0.2) is 5.13 Å². The van der Waals surface area contributed by atoms with Gasteiger partial charge in [0.05, 0.1) is 24.4 Å². The van der Waals surface area contributed by atoms with Crippen molar-refractivity contribution in [2.75, 3.05) is 50.8 Å². The minimum atomic E-state index is -0.279. The minimum absolute atomic E-state index is 0.00582. The molecule has 0 aliphatic carbocycles. The van der Waals surface area contributed by atoms with E-state index < -0.39 is 0 Å². The summed E-state index contributed by atoms with van der Waals surface area (Å²) in [6.45, 7) is 6.57. The van der Waals surface area contributed by atoms with Gasteiger partial charge in [-0.05, 0) is 6.92 Å². The number of morpholine rings is 1. The van der Waals surface area contributed by atoms with Crippen LogP contribution in [0.4, 0.5) is 9.93 Å². The van der Waals surface area contributed by atoms with E-state index >= 15 is 0 Å². The molecule has 0 atom stereocenters. The molecule has 8 nitrogen and oxygen atoms in total. The molecule has 3 aliphatic rings. The van der Waals surface area contributed by atoms with Crippen molar-refractivity contribution in [2.24, 2.45) is 0 Å². The molecule has 9 heteroatoms. The minimum Gasteiger partial charge on any atom is -0.378 e. The van der Waals surface area contributed by atoms with E-state index in [-0.39, 0.29) is 17.5 Å². The van der Waals surface area contributed by atoms with Gasteiger partial charge < -0.3 is 25.2 Å². The zero-order valence-electron chi connectivity index (χ0n) is 12.9. The Balaban J connectivity index is 1.45. The SMILES string of the molecule is Cc1nc(N2CCOCC2)sc1C(=O)N1CC2(CNC(=O)N2)C1. The molecule has 23 heavy (non-hydrogen) atoms. The Morgan fingerprint density at radius 2 is 2.09 bits per heavy atom. The lowest BCUT2D eigenvalue weighted by Crippen LogP contribution is -2.70. The fraction of sp³-hybridized carbons (Fsp3) is 0.643. The summed E-state index contributed by atoms with van der Waals surface area (Å²) >= 11 is 1.45. The first-order valence-electron chi connectivity index (χ1n) is 7.72. The number of likely N-dealkylation sites (tertiary alicyclic amines) is 1. The second kappa shape index (κ2) is 5.34. The maximum atomic E-state index is 12.7. The molecule has 4 rings (SSSR count). The van der Waals surface area contributed by atoms with Crippen LogP contribution in [0.15, 0.2) is 0 Å². The smallest absolute Gasteiger partial charge is 0.315 e. The molecule has 0 aromatic carbocycles. The maximum Gasteiger partial charge on any atom is 0.315 e. The van der Waals surface area contributed by atoms with Crippen LogP contribution in [0.2, 0.25) is 0 Å². The number of amides is 3. The van der Waals surface area contributed by atoms with Gasteiger partial charge in [0, 0.05) is 32.7 Å². The molecule has 2 N–H and O–H groups in total. The summed E-state index contributed by atoms with van der Waals surface area (Å²) in [5.74, 6) is 0.00582. The monoisotopic (exact) mass is 337 g/mol. The fourth-order valence-electron chi connectivity index (χ4n) is 3.21. The first-order chi connectivity index (χ1) is 11.1. The van der Waals surface area contributed by atoms with E-state index in [1.165, 1.54) is 11.3 Å². The van der Waals surface area contributed by atoms with Gasteiger partial charge in [0.1, 0.15) is 4.88 Å². The predicted molar refractivity (Wildman–Crippen MR) is 85.1 cm³/mol. The molecule has 3 amide bonds. The van der Waals surface area contributed by atoms with Gasteiger partial charge in [0.25, 0.3) is 5.91 Å². The van der Waals surface area contributed by atoms with Crippen LogP contribution in [0.1, 0.15) is 15.4 Å². The zero-order chi connectivity index (χ0) is 16.0. The van der Waals surface area contributed by atoms with Crippen molar-refractivity contribution >= 4 is 28.4 Å². The second-order valence-electron chi connectivity index (χ2n) is 6.26. The Morgan fingerprint density at radius 3 is 2.74 bits per heavy atom. The summed E-state index contributed by atoms with van der Waals surface area (Å²) in [5, 5.41) is 6.54. The normalized spacial score (nSPS) is 22.7. The molecule has 1 aromatic heterocycles. The van der Waals surface area contributed by atoms with Crippen molar-refractivity contribution in [1.29, 1.82) is 0 Å². The lowest BCUT2D eigenvalue weighted by molar-refractivity contribution is 0.0401. The molecule has 3 aliphatic heterocycles.